The van der Waals surface area contributed by atoms with Gasteiger partial charge in [0.15, 0.2) is 10.7 Å². The number of hydrogen-bond donors (Lipinski definition) is 0. The van der Waals surface area contributed by atoms with Crippen LogP contribution in [0.4, 0.5) is 0 Å². The lowest BCUT2D eigenvalue weighted by molar-refractivity contribution is 0.0809. The summed E-state index contributed by atoms with van der Waals surface area (Å²) in [4.78, 5) is 20.9. The highest BCUT2D eigenvalue weighted by atomic mass is 35.5. The number of halogens is 1. The van der Waals surface area contributed by atoms with Gasteiger partial charge in [0.2, 0.25) is 0 Å². The highest BCUT2D eigenvalue weighted by Gasteiger charge is 2.27. The summed E-state index contributed by atoms with van der Waals surface area (Å²) in [6.45, 7) is 4.74. The molecule has 6 heteroatoms. The van der Waals surface area contributed by atoms with Crippen molar-refractivity contribution in [2.24, 2.45) is 5.92 Å². The quantitative estimate of drug-likeness (QED) is 0.634. The molecule has 130 valence electrons. The summed E-state index contributed by atoms with van der Waals surface area (Å²) in [5, 5.41) is 2.73. The Kier molecular flexibility index (Phi) is 4.63. The summed E-state index contributed by atoms with van der Waals surface area (Å²) in [5.74, 6) is 0.285. The van der Waals surface area contributed by atoms with Crippen LogP contribution < -0.4 is 0 Å². The molecule has 0 N–H and O–H groups in total. The molecule has 0 spiro atoms. The lowest BCUT2D eigenvalue weighted by Crippen LogP contribution is -2.38. The van der Waals surface area contributed by atoms with E-state index in [9.17, 15) is 4.79 Å². The zero-order valence-electron chi connectivity index (χ0n) is 14.1. The second-order valence-corrected chi connectivity index (χ2v) is 7.95. The summed E-state index contributed by atoms with van der Waals surface area (Å²) in [5.41, 5.74) is 3.07. The van der Waals surface area contributed by atoms with Crippen molar-refractivity contribution in [3.8, 4) is 0 Å². The molecule has 0 saturated carbocycles. The lowest BCUT2D eigenvalue weighted by Gasteiger charge is -2.32. The van der Waals surface area contributed by atoms with E-state index in [4.69, 9.17) is 11.6 Å². The maximum atomic E-state index is 12.8. The molecule has 1 aliphatic rings. The van der Waals surface area contributed by atoms with Crippen LogP contribution in [0, 0.1) is 12.8 Å². The van der Waals surface area contributed by atoms with E-state index in [1.807, 2.05) is 12.1 Å². The van der Waals surface area contributed by atoms with Crippen molar-refractivity contribution < 1.29 is 4.79 Å². The molecule has 0 amide bonds. The molecule has 3 heterocycles. The normalized spacial score (nSPS) is 18.7. The van der Waals surface area contributed by atoms with Crippen LogP contribution in [0.1, 0.15) is 34.6 Å². The van der Waals surface area contributed by atoms with Crippen molar-refractivity contribution in [2.75, 3.05) is 13.1 Å². The summed E-state index contributed by atoms with van der Waals surface area (Å²) in [6.07, 6.45) is 4.08. The van der Waals surface area contributed by atoms with Crippen LogP contribution in [0.5, 0.6) is 0 Å². The van der Waals surface area contributed by atoms with Gasteiger partial charge in [0, 0.05) is 41.2 Å². The van der Waals surface area contributed by atoms with Gasteiger partial charge in [-0.15, -0.1) is 11.3 Å². The number of aryl methyl sites for hydroxylation is 1. The van der Waals surface area contributed by atoms with E-state index in [0.29, 0.717) is 5.02 Å². The second kappa shape index (κ2) is 6.90. The van der Waals surface area contributed by atoms with Crippen LogP contribution >= 0.6 is 22.9 Å². The number of Topliss-reactive ketones (excluding diaryl/α,β-unsaturated/α-hetero) is 1. The van der Waals surface area contributed by atoms with Gasteiger partial charge < -0.3 is 0 Å². The predicted octanol–water partition coefficient (Wildman–Crippen LogP) is 4.45. The lowest BCUT2D eigenvalue weighted by atomic mass is 9.90. The number of carbonyl (C=O) groups excluding carboxylic acids is 1. The molecule has 4 nitrogen and oxygen atoms in total. The van der Waals surface area contributed by atoms with E-state index in [1.165, 1.54) is 5.69 Å². The summed E-state index contributed by atoms with van der Waals surface area (Å²) in [6, 6.07) is 7.25. The van der Waals surface area contributed by atoms with Gasteiger partial charge >= 0.3 is 0 Å². The fourth-order valence-corrected chi connectivity index (χ4v) is 4.51. The number of hydrogen-bond acceptors (Lipinski definition) is 4. The maximum absolute atomic E-state index is 12.8. The molecular formula is C19H20ClN3OS. The number of ketones is 1. The average molecular weight is 374 g/mol. The molecule has 0 bridgehead atoms. The van der Waals surface area contributed by atoms with Crippen LogP contribution in [0.3, 0.4) is 0 Å². The van der Waals surface area contributed by atoms with E-state index in [-0.39, 0.29) is 11.7 Å². The minimum absolute atomic E-state index is 0.0566. The molecule has 2 aromatic heterocycles. The number of likely N-dealkylation sites (tertiary alicyclic amines) is 1. The number of imidazole rings is 1. The molecule has 0 aliphatic carbocycles. The smallest absolute Gasteiger partial charge is 0.194 e. The van der Waals surface area contributed by atoms with Gasteiger partial charge in [-0.05, 0) is 50.6 Å². The zero-order chi connectivity index (χ0) is 17.4. The Morgan fingerprint density at radius 1 is 1.36 bits per heavy atom. The van der Waals surface area contributed by atoms with Crippen molar-refractivity contribution in [3.05, 3.63) is 57.8 Å². The first kappa shape index (κ1) is 16.8. The first-order valence-corrected chi connectivity index (χ1v) is 9.81. The van der Waals surface area contributed by atoms with E-state index < -0.39 is 0 Å². The Hall–Kier alpha value is -1.69. The third kappa shape index (κ3) is 3.36. The van der Waals surface area contributed by atoms with Crippen LogP contribution in [-0.4, -0.2) is 33.2 Å². The number of aromatic nitrogens is 2. The summed E-state index contributed by atoms with van der Waals surface area (Å²) < 4.78 is 2.17. The van der Waals surface area contributed by atoms with E-state index in [1.54, 1.807) is 23.5 Å². The van der Waals surface area contributed by atoms with Crippen molar-refractivity contribution >= 4 is 33.7 Å². The predicted molar refractivity (Wildman–Crippen MR) is 102 cm³/mol. The second-order valence-electron chi connectivity index (χ2n) is 6.64. The van der Waals surface area contributed by atoms with Gasteiger partial charge in [0.05, 0.1) is 11.4 Å². The van der Waals surface area contributed by atoms with E-state index in [0.717, 1.165) is 48.7 Å². The Labute approximate surface area is 156 Å². The van der Waals surface area contributed by atoms with Crippen molar-refractivity contribution in [3.63, 3.8) is 0 Å². The molecule has 1 fully saturated rings. The van der Waals surface area contributed by atoms with Gasteiger partial charge in [0.25, 0.3) is 0 Å². The van der Waals surface area contributed by atoms with Crippen LogP contribution in [0.2, 0.25) is 5.02 Å². The Bertz CT molecular complexity index is 899. The van der Waals surface area contributed by atoms with Crippen LogP contribution in [0.25, 0.3) is 4.96 Å². The number of fused-ring (bicyclic) bond motifs is 1. The number of carbonyl (C=O) groups is 1. The molecule has 3 aromatic rings. The topological polar surface area (TPSA) is 37.6 Å². The molecule has 25 heavy (non-hydrogen) atoms. The highest BCUT2D eigenvalue weighted by molar-refractivity contribution is 7.15. The fraction of sp³-hybridized carbons (Fsp3) is 0.368. The molecule has 1 atom stereocenters. The third-order valence-corrected chi connectivity index (χ3v) is 5.95. The Morgan fingerprint density at radius 2 is 2.16 bits per heavy atom. The van der Waals surface area contributed by atoms with E-state index >= 15 is 0 Å². The third-order valence-electron chi connectivity index (χ3n) is 4.94. The number of benzene rings is 1. The molecule has 4 rings (SSSR count). The van der Waals surface area contributed by atoms with Gasteiger partial charge in [-0.1, -0.05) is 11.6 Å². The van der Waals surface area contributed by atoms with Crippen molar-refractivity contribution in [1.82, 2.24) is 14.3 Å². The van der Waals surface area contributed by atoms with Gasteiger partial charge in [-0.2, -0.15) is 0 Å². The molecule has 0 unspecified atom stereocenters. The minimum atomic E-state index is 0.0566. The van der Waals surface area contributed by atoms with Crippen molar-refractivity contribution in [1.29, 1.82) is 0 Å². The van der Waals surface area contributed by atoms with Crippen LogP contribution in [0.15, 0.2) is 35.8 Å². The number of piperidine rings is 1. The monoisotopic (exact) mass is 373 g/mol. The van der Waals surface area contributed by atoms with Crippen LogP contribution in [-0.2, 0) is 6.54 Å². The maximum Gasteiger partial charge on any atom is 0.194 e. The van der Waals surface area contributed by atoms with E-state index in [2.05, 4.69) is 32.8 Å². The Morgan fingerprint density at radius 3 is 2.96 bits per heavy atom. The number of rotatable bonds is 4. The number of thiazole rings is 1. The fourth-order valence-electron chi connectivity index (χ4n) is 3.61. The van der Waals surface area contributed by atoms with Gasteiger partial charge in [-0.25, -0.2) is 4.98 Å². The zero-order valence-corrected chi connectivity index (χ0v) is 15.7. The SMILES string of the molecule is Cc1nc2sccn2c1CN1CCC[C@H](C(=O)c2ccc(Cl)cc2)C1. The summed E-state index contributed by atoms with van der Waals surface area (Å²) in [7, 11) is 0. The molecule has 1 saturated heterocycles. The largest absolute Gasteiger partial charge is 0.297 e. The molecular weight excluding hydrogens is 354 g/mol. The molecule has 0 radical (unpaired) electrons. The first-order chi connectivity index (χ1) is 12.1. The highest BCUT2D eigenvalue weighted by Crippen LogP contribution is 2.25. The number of nitrogens with zero attached hydrogens (tertiary/aromatic N) is 3. The standard InChI is InChI=1S/C19H20ClN3OS/c1-13-17(23-9-10-25-19(23)21-13)12-22-8-2-3-15(11-22)18(24)14-4-6-16(20)7-5-14/h4-7,9-10,15H,2-3,8,11-12H2,1H3/t15-/m0/s1. The van der Waals surface area contributed by atoms with Gasteiger partial charge in [0.1, 0.15) is 0 Å². The average Bonchev–Trinajstić information content (AvgIpc) is 3.18. The van der Waals surface area contributed by atoms with Gasteiger partial charge in [-0.3, -0.25) is 14.1 Å². The van der Waals surface area contributed by atoms with Crippen molar-refractivity contribution in [2.45, 2.75) is 26.3 Å². The Balaban J connectivity index is 1.49. The minimum Gasteiger partial charge on any atom is -0.297 e. The summed E-state index contributed by atoms with van der Waals surface area (Å²) >= 11 is 7.59. The molecule has 1 aliphatic heterocycles. The first-order valence-electron chi connectivity index (χ1n) is 8.55. The molecule has 1 aromatic carbocycles.